The smallest absolute Gasteiger partial charge is 0.337 e. The Labute approximate surface area is 270 Å². The van der Waals surface area contributed by atoms with Crippen LogP contribution in [-0.2, 0) is 30.4 Å². The Hall–Kier alpha value is -6.30. The number of aromatic carboxylic acids is 1. The van der Waals surface area contributed by atoms with Gasteiger partial charge in [-0.05, 0) is 96.5 Å². The van der Waals surface area contributed by atoms with E-state index in [1.165, 1.54) is 7.11 Å². The first-order valence-electron chi connectivity index (χ1n) is 14.7. The van der Waals surface area contributed by atoms with Crippen molar-refractivity contribution in [1.82, 2.24) is 19.9 Å². The summed E-state index contributed by atoms with van der Waals surface area (Å²) in [6.45, 7) is 0. The molecule has 0 amide bonds. The number of carboxylic acid groups (broad SMARTS) is 1. The molecule has 2 aromatic heterocycles. The molecule has 0 aliphatic heterocycles. The molecular weight excluding hydrogens is 596 g/mol. The molecule has 47 heavy (non-hydrogen) atoms. The summed E-state index contributed by atoms with van der Waals surface area (Å²) in [5.74, 6) is -0.131. The zero-order valence-corrected chi connectivity index (χ0v) is 25.7. The number of carbonyl (C=O) groups excluding carboxylic acids is 1. The Kier molecular flexibility index (Phi) is 9.70. The number of hydrogen-bond acceptors (Lipinski definition) is 11. The molecule has 0 unspecified atom stereocenters. The second-order valence-electron chi connectivity index (χ2n) is 10.8. The number of carboxylic acids is 1. The van der Waals surface area contributed by atoms with E-state index in [2.05, 4.69) is 19.9 Å². The van der Waals surface area contributed by atoms with Crippen molar-refractivity contribution in [3.63, 3.8) is 0 Å². The van der Waals surface area contributed by atoms with Crippen molar-refractivity contribution in [3.8, 4) is 0 Å². The molecular formula is C35H34N8O4. The highest BCUT2D eigenvalue weighted by Gasteiger charge is 2.08. The molecule has 0 saturated carbocycles. The standard InChI is InChI=1S/C18H18N4O2.C17H16N4O2/c1-24-17(23)13-7-4-11(5-8-13)2-3-12-6-9-15-14(10-12)16(19)22-18(20)21-15;18-15-13-9-11(5-8-14(13)20-17(19)21-15)2-1-10-3-6-12(7-4-10)16(22)23/h4-10H,2-3H2,1H3,(H4,19,20,21,22);3-9H,1-2H2,(H,22,23)(H4,18,19,20,21). The molecule has 12 heteroatoms. The van der Waals surface area contributed by atoms with E-state index in [-0.39, 0.29) is 17.9 Å². The quantitative estimate of drug-likeness (QED) is 0.145. The van der Waals surface area contributed by atoms with Crippen LogP contribution in [0.2, 0.25) is 0 Å². The Morgan fingerprint density at radius 1 is 0.574 bits per heavy atom. The normalized spacial score (nSPS) is 10.7. The second-order valence-corrected chi connectivity index (χ2v) is 10.8. The van der Waals surface area contributed by atoms with E-state index < -0.39 is 5.97 Å². The van der Waals surface area contributed by atoms with Crippen molar-refractivity contribution in [3.05, 3.63) is 118 Å². The first-order valence-corrected chi connectivity index (χ1v) is 14.7. The molecule has 0 bridgehead atoms. The van der Waals surface area contributed by atoms with E-state index in [1.807, 2.05) is 60.7 Å². The van der Waals surface area contributed by atoms with Gasteiger partial charge in [0.05, 0.1) is 29.3 Å². The first-order chi connectivity index (χ1) is 22.6. The number of methoxy groups -OCH3 is 1. The maximum atomic E-state index is 11.4. The van der Waals surface area contributed by atoms with E-state index in [4.69, 9.17) is 32.8 Å². The van der Waals surface area contributed by atoms with Gasteiger partial charge in [0.25, 0.3) is 0 Å². The minimum atomic E-state index is -0.916. The van der Waals surface area contributed by atoms with Crippen LogP contribution in [0.3, 0.4) is 0 Å². The Morgan fingerprint density at radius 2 is 0.957 bits per heavy atom. The summed E-state index contributed by atoms with van der Waals surface area (Å²) in [6, 6.07) is 26.1. The molecule has 12 nitrogen and oxygen atoms in total. The van der Waals surface area contributed by atoms with Gasteiger partial charge in [-0.15, -0.1) is 0 Å². The minimum Gasteiger partial charge on any atom is -0.478 e. The molecule has 0 radical (unpaired) electrons. The number of benzene rings is 4. The third-order valence-corrected chi connectivity index (χ3v) is 7.59. The van der Waals surface area contributed by atoms with Gasteiger partial charge >= 0.3 is 11.9 Å². The summed E-state index contributed by atoms with van der Waals surface area (Å²) >= 11 is 0. The lowest BCUT2D eigenvalue weighted by atomic mass is 10.0. The van der Waals surface area contributed by atoms with Crippen LogP contribution in [0.1, 0.15) is 43.0 Å². The van der Waals surface area contributed by atoms with Crippen molar-refractivity contribution >= 4 is 57.3 Å². The van der Waals surface area contributed by atoms with Gasteiger partial charge in [-0.2, -0.15) is 9.97 Å². The SMILES string of the molecule is COC(=O)c1ccc(CCc2ccc3nc(N)nc(N)c3c2)cc1.Nc1nc(N)c2cc(CCc3ccc(C(=O)O)cc3)ccc2n1. The number of anilines is 4. The molecule has 0 aliphatic carbocycles. The van der Waals surface area contributed by atoms with Gasteiger partial charge in [0.15, 0.2) is 0 Å². The van der Waals surface area contributed by atoms with Crippen molar-refractivity contribution in [1.29, 1.82) is 0 Å². The van der Waals surface area contributed by atoms with Crippen LogP contribution in [0.15, 0.2) is 84.9 Å². The maximum absolute atomic E-state index is 11.4. The number of aromatic nitrogens is 4. The van der Waals surface area contributed by atoms with Crippen molar-refractivity contribution < 1.29 is 19.4 Å². The second kappa shape index (κ2) is 14.2. The van der Waals surface area contributed by atoms with Gasteiger partial charge in [-0.1, -0.05) is 36.4 Å². The van der Waals surface area contributed by atoms with Gasteiger partial charge in [0.1, 0.15) is 11.6 Å². The van der Waals surface area contributed by atoms with E-state index in [0.717, 1.165) is 69.7 Å². The van der Waals surface area contributed by atoms with Gasteiger partial charge in [0, 0.05) is 10.8 Å². The molecule has 9 N–H and O–H groups in total. The Balaban J connectivity index is 0.000000185. The number of rotatable bonds is 8. The average molecular weight is 631 g/mol. The van der Waals surface area contributed by atoms with Crippen LogP contribution in [0.25, 0.3) is 21.8 Å². The largest absolute Gasteiger partial charge is 0.478 e. The van der Waals surface area contributed by atoms with Gasteiger partial charge < -0.3 is 32.8 Å². The molecule has 0 spiro atoms. The fourth-order valence-corrected chi connectivity index (χ4v) is 5.06. The van der Waals surface area contributed by atoms with Crippen molar-refractivity contribution in [2.24, 2.45) is 0 Å². The third kappa shape index (κ3) is 8.05. The van der Waals surface area contributed by atoms with Crippen LogP contribution < -0.4 is 22.9 Å². The average Bonchev–Trinajstić information content (AvgIpc) is 3.07. The van der Waals surface area contributed by atoms with Crippen LogP contribution >= 0.6 is 0 Å². The summed E-state index contributed by atoms with van der Waals surface area (Å²) < 4.78 is 4.69. The van der Waals surface area contributed by atoms with Crippen LogP contribution in [0, 0.1) is 0 Å². The number of esters is 1. The highest BCUT2D eigenvalue weighted by atomic mass is 16.5. The summed E-state index contributed by atoms with van der Waals surface area (Å²) in [5.41, 5.74) is 29.8. The zero-order chi connectivity index (χ0) is 33.5. The fourth-order valence-electron chi connectivity index (χ4n) is 5.06. The van der Waals surface area contributed by atoms with E-state index in [9.17, 15) is 9.59 Å². The molecule has 0 saturated heterocycles. The highest BCUT2D eigenvalue weighted by molar-refractivity contribution is 5.91. The van der Waals surface area contributed by atoms with Gasteiger partial charge in [0.2, 0.25) is 11.9 Å². The number of nitrogens with two attached hydrogens (primary N) is 4. The molecule has 0 fully saturated rings. The topological polar surface area (TPSA) is 219 Å². The van der Waals surface area contributed by atoms with Crippen LogP contribution in [0.4, 0.5) is 23.5 Å². The number of carbonyl (C=O) groups is 2. The summed E-state index contributed by atoms with van der Waals surface area (Å²) in [5, 5.41) is 10.5. The van der Waals surface area contributed by atoms with Crippen LogP contribution in [0.5, 0.6) is 0 Å². The van der Waals surface area contributed by atoms with E-state index in [1.54, 1.807) is 24.3 Å². The van der Waals surface area contributed by atoms with Gasteiger partial charge in [-0.25, -0.2) is 19.6 Å². The predicted molar refractivity (Wildman–Crippen MR) is 183 cm³/mol. The molecule has 2 heterocycles. The lowest BCUT2D eigenvalue weighted by molar-refractivity contribution is 0.0599. The Bertz CT molecular complexity index is 2070. The number of nitrogen functional groups attached to an aromatic ring is 4. The molecule has 0 aliphatic rings. The Morgan fingerprint density at radius 3 is 1.36 bits per heavy atom. The van der Waals surface area contributed by atoms with Crippen molar-refractivity contribution in [2.45, 2.75) is 25.7 Å². The van der Waals surface area contributed by atoms with E-state index in [0.29, 0.717) is 22.8 Å². The molecule has 0 atom stereocenters. The van der Waals surface area contributed by atoms with Crippen LogP contribution in [-0.4, -0.2) is 44.1 Å². The predicted octanol–water partition coefficient (Wildman–Crippen LogP) is 4.64. The molecule has 238 valence electrons. The third-order valence-electron chi connectivity index (χ3n) is 7.59. The number of nitrogens with zero attached hydrogens (tertiary/aromatic N) is 4. The summed E-state index contributed by atoms with van der Waals surface area (Å²) in [6.07, 6.45) is 3.31. The lowest BCUT2D eigenvalue weighted by Crippen LogP contribution is -2.02. The number of aryl methyl sites for hydroxylation is 4. The lowest BCUT2D eigenvalue weighted by Gasteiger charge is -2.07. The highest BCUT2D eigenvalue weighted by Crippen LogP contribution is 2.22. The molecule has 6 aromatic rings. The number of fused-ring (bicyclic) bond motifs is 2. The number of ether oxygens (including phenoxy) is 1. The monoisotopic (exact) mass is 630 g/mol. The van der Waals surface area contributed by atoms with Gasteiger partial charge in [-0.3, -0.25) is 0 Å². The zero-order valence-electron chi connectivity index (χ0n) is 25.7. The van der Waals surface area contributed by atoms with Crippen molar-refractivity contribution in [2.75, 3.05) is 30.0 Å². The molecule has 4 aromatic carbocycles. The van der Waals surface area contributed by atoms with E-state index >= 15 is 0 Å². The fraction of sp³-hybridized carbons (Fsp3) is 0.143. The minimum absolute atomic E-state index is 0.168. The first kappa shape index (κ1) is 32.1. The summed E-state index contributed by atoms with van der Waals surface area (Å²) in [4.78, 5) is 38.6. The molecule has 6 rings (SSSR count). The number of hydrogen-bond donors (Lipinski definition) is 5. The summed E-state index contributed by atoms with van der Waals surface area (Å²) in [7, 11) is 1.37. The maximum Gasteiger partial charge on any atom is 0.337 e.